The fraction of sp³-hybridized carbons (Fsp3) is 0. The summed E-state index contributed by atoms with van der Waals surface area (Å²) in [6.45, 7) is 0. The molecule has 0 saturated carbocycles. The molecule has 0 atom stereocenters. The van der Waals surface area contributed by atoms with E-state index in [4.69, 9.17) is 5.26 Å². The van der Waals surface area contributed by atoms with Crippen LogP contribution in [0.3, 0.4) is 0 Å². The molecule has 0 radical (unpaired) electrons. The van der Waals surface area contributed by atoms with Gasteiger partial charge in [-0.15, -0.1) is 0 Å². The summed E-state index contributed by atoms with van der Waals surface area (Å²) >= 11 is 0. The first kappa shape index (κ1) is 7.43. The minimum absolute atomic E-state index is 0.309. The maximum absolute atomic E-state index is 8.49. The minimum Gasteiger partial charge on any atom is -0.289 e. The van der Waals surface area contributed by atoms with Gasteiger partial charge in [0.1, 0.15) is 12.4 Å². The first-order chi connectivity index (χ1) is 6.40. The zero-order valence-corrected chi connectivity index (χ0v) is 6.62. The van der Waals surface area contributed by atoms with E-state index in [0.717, 1.165) is 0 Å². The smallest absolute Gasteiger partial charge is 0.158 e. The molecule has 62 valence electrons. The monoisotopic (exact) mass is 171 g/mol. The molecule has 0 aliphatic heterocycles. The molecule has 0 N–H and O–H groups in total. The van der Waals surface area contributed by atoms with Crippen LogP contribution in [0.2, 0.25) is 0 Å². The fourth-order valence-electron chi connectivity index (χ4n) is 0.907. The number of hydrogen-bond donors (Lipinski definition) is 0. The lowest BCUT2D eigenvalue weighted by molar-refractivity contribution is 0.965. The predicted octanol–water partition coefficient (Wildman–Crippen LogP) is 0.534. The first-order valence-corrected chi connectivity index (χ1v) is 3.60. The average Bonchev–Trinajstić information content (AvgIpc) is 2.71. The average molecular weight is 171 g/mol. The van der Waals surface area contributed by atoms with Crippen LogP contribution in [0.4, 0.5) is 0 Å². The van der Waals surface area contributed by atoms with Crippen molar-refractivity contribution >= 4 is 0 Å². The Bertz CT molecular complexity index is 423. The van der Waals surface area contributed by atoms with Crippen LogP contribution in [0, 0.1) is 11.3 Å². The Balaban J connectivity index is 2.40. The third kappa shape index (κ3) is 1.37. The molecule has 2 rings (SSSR count). The molecule has 0 aliphatic rings. The van der Waals surface area contributed by atoms with Crippen LogP contribution in [0.25, 0.3) is 5.82 Å². The summed E-state index contributed by atoms with van der Waals surface area (Å²) in [6, 6.07) is 1.90. The molecular weight excluding hydrogens is 166 g/mol. The second-order valence-corrected chi connectivity index (χ2v) is 2.34. The first-order valence-electron chi connectivity index (χ1n) is 3.60. The van der Waals surface area contributed by atoms with Gasteiger partial charge in [0.05, 0.1) is 12.4 Å². The van der Waals surface area contributed by atoms with Crippen molar-refractivity contribution in [2.75, 3.05) is 0 Å². The van der Waals surface area contributed by atoms with Gasteiger partial charge < -0.3 is 0 Å². The lowest BCUT2D eigenvalue weighted by atomic mass is 10.5. The number of imidazole rings is 1. The number of aromatic nitrogens is 4. The maximum atomic E-state index is 8.49. The van der Waals surface area contributed by atoms with E-state index < -0.39 is 0 Å². The van der Waals surface area contributed by atoms with Crippen LogP contribution in [-0.4, -0.2) is 19.5 Å². The Morgan fingerprint density at radius 1 is 1.31 bits per heavy atom. The summed E-state index contributed by atoms with van der Waals surface area (Å²) in [6.07, 6.45) is 7.99. The molecule has 0 saturated heterocycles. The molecular formula is C8H5N5. The molecule has 0 amide bonds. The Hall–Kier alpha value is -2.22. The van der Waals surface area contributed by atoms with Gasteiger partial charge in [-0.3, -0.25) is 4.57 Å². The number of rotatable bonds is 1. The van der Waals surface area contributed by atoms with Crippen molar-refractivity contribution in [3.05, 3.63) is 36.8 Å². The molecule has 2 aromatic heterocycles. The van der Waals surface area contributed by atoms with Gasteiger partial charge in [-0.2, -0.15) is 5.26 Å². The van der Waals surface area contributed by atoms with Gasteiger partial charge in [0.15, 0.2) is 11.5 Å². The molecule has 0 unspecified atom stereocenters. The summed E-state index contributed by atoms with van der Waals surface area (Å²) < 4.78 is 1.72. The molecule has 2 aromatic rings. The third-order valence-electron chi connectivity index (χ3n) is 1.52. The van der Waals surface area contributed by atoms with Gasteiger partial charge in [-0.25, -0.2) is 15.0 Å². The normalized spacial score (nSPS) is 9.46. The van der Waals surface area contributed by atoms with E-state index in [2.05, 4.69) is 15.0 Å². The SMILES string of the molecule is N#Cc1cnc(-n2ccnc2)cn1. The van der Waals surface area contributed by atoms with Crippen LogP contribution in [0.15, 0.2) is 31.1 Å². The molecule has 2 heterocycles. The largest absolute Gasteiger partial charge is 0.289 e. The molecule has 0 fully saturated rings. The van der Waals surface area contributed by atoms with Gasteiger partial charge in [0, 0.05) is 12.4 Å². The van der Waals surface area contributed by atoms with Gasteiger partial charge in [0.25, 0.3) is 0 Å². The van der Waals surface area contributed by atoms with Crippen molar-refractivity contribution in [3.63, 3.8) is 0 Å². The molecule has 0 aromatic carbocycles. The second kappa shape index (κ2) is 3.03. The van der Waals surface area contributed by atoms with E-state index >= 15 is 0 Å². The zero-order chi connectivity index (χ0) is 9.10. The lowest BCUT2D eigenvalue weighted by Crippen LogP contribution is -1.96. The summed E-state index contributed by atoms with van der Waals surface area (Å²) in [5, 5.41) is 8.49. The Morgan fingerprint density at radius 2 is 2.23 bits per heavy atom. The zero-order valence-electron chi connectivity index (χ0n) is 6.62. The van der Waals surface area contributed by atoms with Crippen LogP contribution in [0.1, 0.15) is 5.69 Å². The van der Waals surface area contributed by atoms with Crippen molar-refractivity contribution in [1.29, 1.82) is 5.26 Å². The van der Waals surface area contributed by atoms with Gasteiger partial charge in [-0.05, 0) is 0 Å². The van der Waals surface area contributed by atoms with Crippen LogP contribution in [-0.2, 0) is 0 Å². The van der Waals surface area contributed by atoms with E-state index in [9.17, 15) is 0 Å². The number of nitrogens with zero attached hydrogens (tertiary/aromatic N) is 5. The topological polar surface area (TPSA) is 67.4 Å². The van der Waals surface area contributed by atoms with E-state index in [1.807, 2.05) is 6.07 Å². The summed E-state index contributed by atoms with van der Waals surface area (Å²) in [7, 11) is 0. The highest BCUT2D eigenvalue weighted by molar-refractivity contribution is 5.23. The Morgan fingerprint density at radius 3 is 2.77 bits per heavy atom. The van der Waals surface area contributed by atoms with Crippen molar-refractivity contribution in [1.82, 2.24) is 19.5 Å². The lowest BCUT2D eigenvalue weighted by Gasteiger charge is -1.97. The molecule has 5 nitrogen and oxygen atoms in total. The van der Waals surface area contributed by atoms with Crippen molar-refractivity contribution in [2.45, 2.75) is 0 Å². The Kier molecular flexibility index (Phi) is 1.73. The van der Waals surface area contributed by atoms with Crippen LogP contribution >= 0.6 is 0 Å². The van der Waals surface area contributed by atoms with Gasteiger partial charge in [-0.1, -0.05) is 0 Å². The van der Waals surface area contributed by atoms with E-state index in [0.29, 0.717) is 11.5 Å². The van der Waals surface area contributed by atoms with E-state index in [1.54, 1.807) is 23.3 Å². The second-order valence-electron chi connectivity index (χ2n) is 2.34. The predicted molar refractivity (Wildman–Crippen MR) is 43.9 cm³/mol. The van der Waals surface area contributed by atoms with E-state index in [-0.39, 0.29) is 0 Å². The fourth-order valence-corrected chi connectivity index (χ4v) is 0.907. The highest BCUT2D eigenvalue weighted by Crippen LogP contribution is 2.00. The summed E-state index contributed by atoms with van der Waals surface area (Å²) in [4.78, 5) is 11.8. The quantitative estimate of drug-likeness (QED) is 0.627. The minimum atomic E-state index is 0.309. The molecule has 0 spiro atoms. The highest BCUT2D eigenvalue weighted by atomic mass is 15.1. The summed E-state index contributed by atoms with van der Waals surface area (Å²) in [5.41, 5.74) is 0.309. The molecule has 13 heavy (non-hydrogen) atoms. The summed E-state index contributed by atoms with van der Waals surface area (Å²) in [5.74, 6) is 0.650. The van der Waals surface area contributed by atoms with Crippen LogP contribution < -0.4 is 0 Å². The van der Waals surface area contributed by atoms with Crippen molar-refractivity contribution < 1.29 is 0 Å². The van der Waals surface area contributed by atoms with Crippen molar-refractivity contribution in [3.8, 4) is 11.9 Å². The molecule has 0 aliphatic carbocycles. The molecule has 5 heteroatoms. The number of hydrogen-bond acceptors (Lipinski definition) is 4. The highest BCUT2D eigenvalue weighted by Gasteiger charge is 1.97. The standard InChI is InChI=1S/C8H5N5/c9-3-7-4-12-8(5-11-7)13-2-1-10-6-13/h1-2,4-6H. The molecule has 0 bridgehead atoms. The number of nitriles is 1. The maximum Gasteiger partial charge on any atom is 0.158 e. The third-order valence-corrected chi connectivity index (χ3v) is 1.52. The van der Waals surface area contributed by atoms with Gasteiger partial charge >= 0.3 is 0 Å². The van der Waals surface area contributed by atoms with Crippen LogP contribution in [0.5, 0.6) is 0 Å². The van der Waals surface area contributed by atoms with Crippen molar-refractivity contribution in [2.24, 2.45) is 0 Å². The van der Waals surface area contributed by atoms with E-state index in [1.165, 1.54) is 12.4 Å². The Labute approximate surface area is 74.3 Å². The van der Waals surface area contributed by atoms with Gasteiger partial charge in [0.2, 0.25) is 0 Å².